The Hall–Kier alpha value is -3.24. The third kappa shape index (κ3) is 3.79. The van der Waals surface area contributed by atoms with Crippen LogP contribution in [-0.4, -0.2) is 16.2 Å². The molecule has 4 aromatic rings. The van der Waals surface area contributed by atoms with Crippen molar-refractivity contribution in [3.63, 3.8) is 0 Å². The van der Waals surface area contributed by atoms with Crippen molar-refractivity contribution in [2.75, 3.05) is 5.32 Å². The zero-order valence-electron chi connectivity index (χ0n) is 16.5. The van der Waals surface area contributed by atoms with Crippen LogP contribution in [-0.2, 0) is 0 Å². The van der Waals surface area contributed by atoms with Crippen LogP contribution in [0.4, 0.5) is 18.9 Å². The van der Waals surface area contributed by atoms with Crippen molar-refractivity contribution in [2.24, 2.45) is 0 Å². The molecule has 3 aromatic carbocycles. The summed E-state index contributed by atoms with van der Waals surface area (Å²) in [5.41, 5.74) is 0.432. The first kappa shape index (κ1) is 21.6. The Balaban J connectivity index is 1.62. The van der Waals surface area contributed by atoms with Crippen LogP contribution < -0.4 is 10.6 Å². The number of carbonyl (C=O) groups excluding carboxylic acids is 2. The fourth-order valence-electron chi connectivity index (χ4n) is 3.96. The smallest absolute Gasteiger partial charge is 0.276 e. The maximum atomic E-state index is 14.0. The average molecular weight is 532 g/mol. The Labute approximate surface area is 197 Å². The van der Waals surface area contributed by atoms with Crippen molar-refractivity contribution < 1.29 is 22.8 Å². The lowest BCUT2D eigenvalue weighted by molar-refractivity contribution is 0.0957. The lowest BCUT2D eigenvalue weighted by atomic mass is 9.93. The first-order valence-electron chi connectivity index (χ1n) is 9.71. The van der Waals surface area contributed by atoms with E-state index in [0.717, 1.165) is 22.9 Å². The number of nitrogens with one attached hydrogen (secondary N) is 2. The van der Waals surface area contributed by atoms with E-state index in [4.69, 9.17) is 0 Å². The fourth-order valence-corrected chi connectivity index (χ4v) is 5.19. The van der Waals surface area contributed by atoms with Gasteiger partial charge in [-0.25, -0.2) is 13.2 Å². The summed E-state index contributed by atoms with van der Waals surface area (Å²) in [5, 5.41) is 6.07. The van der Waals surface area contributed by atoms with Crippen LogP contribution in [0, 0.1) is 5.82 Å². The SMILES string of the molecule is O=C1NC(c2cc(F)ccc2C(F)F)c2c(NC(=O)c3nsc4ccccc34)cc(Br)cc21. The van der Waals surface area contributed by atoms with Crippen LogP contribution in [0.15, 0.2) is 59.1 Å². The maximum absolute atomic E-state index is 14.0. The minimum absolute atomic E-state index is 0.0750. The third-order valence-electron chi connectivity index (χ3n) is 5.39. The summed E-state index contributed by atoms with van der Waals surface area (Å²) in [6.45, 7) is 0. The number of hydrogen-bond acceptors (Lipinski definition) is 4. The molecule has 5 nitrogen and oxygen atoms in total. The van der Waals surface area contributed by atoms with E-state index in [1.165, 1.54) is 17.6 Å². The van der Waals surface area contributed by atoms with Crippen LogP contribution in [0.2, 0.25) is 0 Å². The molecule has 1 aliphatic heterocycles. The Morgan fingerprint density at radius 1 is 1.15 bits per heavy atom. The Kier molecular flexibility index (Phi) is 5.41. The van der Waals surface area contributed by atoms with E-state index >= 15 is 0 Å². The van der Waals surface area contributed by atoms with Crippen molar-refractivity contribution in [3.8, 4) is 0 Å². The number of rotatable bonds is 4. The summed E-state index contributed by atoms with van der Waals surface area (Å²) in [6, 6.07) is 12.2. The predicted octanol–water partition coefficient (Wildman–Crippen LogP) is 6.22. The van der Waals surface area contributed by atoms with Crippen LogP contribution in [0.3, 0.4) is 0 Å². The average Bonchev–Trinajstić information content (AvgIpc) is 3.35. The number of alkyl halides is 2. The van der Waals surface area contributed by atoms with Crippen LogP contribution >= 0.6 is 27.5 Å². The number of hydrogen-bond donors (Lipinski definition) is 2. The van der Waals surface area contributed by atoms with Crippen LogP contribution in [0.25, 0.3) is 10.1 Å². The summed E-state index contributed by atoms with van der Waals surface area (Å²) in [6.07, 6.45) is -2.88. The van der Waals surface area contributed by atoms with Gasteiger partial charge in [-0.1, -0.05) is 40.2 Å². The second kappa shape index (κ2) is 8.27. The molecule has 2 heterocycles. The topological polar surface area (TPSA) is 71.1 Å². The number of anilines is 1. The lowest BCUT2D eigenvalue weighted by Gasteiger charge is -2.19. The minimum atomic E-state index is -2.88. The number of halogens is 4. The summed E-state index contributed by atoms with van der Waals surface area (Å²) < 4.78 is 46.9. The standard InChI is InChI=1S/C23H13BrF3N3O2S/c24-10-7-15-18(19(29-22(15)31)14-9-11(25)5-6-12(14)21(26)27)16(8-10)28-23(32)20-13-3-1-2-4-17(13)33-30-20/h1-9,19,21H,(H,28,32)(H,29,31). The number of nitrogens with zero attached hydrogens (tertiary/aromatic N) is 1. The third-order valence-corrected chi connectivity index (χ3v) is 6.67. The van der Waals surface area contributed by atoms with Crippen LogP contribution in [0.1, 0.15) is 50.0 Å². The number of amides is 2. The van der Waals surface area contributed by atoms with Gasteiger partial charge in [-0.05, 0) is 47.4 Å². The highest BCUT2D eigenvalue weighted by molar-refractivity contribution is 9.10. The molecule has 0 saturated heterocycles. The molecular formula is C23H13BrF3N3O2S. The van der Waals surface area contributed by atoms with E-state index in [1.54, 1.807) is 18.2 Å². The molecule has 1 unspecified atom stereocenters. The van der Waals surface area contributed by atoms with E-state index < -0.39 is 35.7 Å². The van der Waals surface area contributed by atoms with Crippen molar-refractivity contribution in [2.45, 2.75) is 12.5 Å². The van der Waals surface area contributed by atoms with Crippen LogP contribution in [0.5, 0.6) is 0 Å². The Morgan fingerprint density at radius 2 is 1.94 bits per heavy atom. The minimum Gasteiger partial charge on any atom is -0.341 e. The van der Waals surface area contributed by atoms with Crippen molar-refractivity contribution in [3.05, 3.63) is 92.8 Å². The molecule has 0 fully saturated rings. The van der Waals surface area contributed by atoms with Crippen molar-refractivity contribution in [1.82, 2.24) is 9.69 Å². The molecule has 2 N–H and O–H groups in total. The summed E-state index contributed by atoms with van der Waals surface area (Å²) in [7, 11) is 0. The zero-order valence-corrected chi connectivity index (χ0v) is 18.9. The van der Waals surface area contributed by atoms with Gasteiger partial charge in [0, 0.05) is 32.2 Å². The van der Waals surface area contributed by atoms with Gasteiger partial charge in [0.1, 0.15) is 11.5 Å². The van der Waals surface area contributed by atoms with Crippen molar-refractivity contribution in [1.29, 1.82) is 0 Å². The monoisotopic (exact) mass is 531 g/mol. The van der Waals surface area contributed by atoms with Gasteiger partial charge in [0.05, 0.1) is 10.7 Å². The number of aromatic nitrogens is 1. The van der Waals surface area contributed by atoms with Crippen molar-refractivity contribution >= 4 is 55.1 Å². The van der Waals surface area contributed by atoms with Gasteiger partial charge in [-0.15, -0.1) is 0 Å². The summed E-state index contributed by atoms with van der Waals surface area (Å²) in [4.78, 5) is 25.8. The molecule has 0 aliphatic carbocycles. The molecular weight excluding hydrogens is 519 g/mol. The first-order chi connectivity index (χ1) is 15.8. The molecule has 0 spiro atoms. The van der Waals surface area contributed by atoms with Gasteiger partial charge in [-0.2, -0.15) is 4.37 Å². The Morgan fingerprint density at radius 3 is 2.73 bits per heavy atom. The molecule has 0 bridgehead atoms. The first-order valence-corrected chi connectivity index (χ1v) is 11.3. The molecule has 166 valence electrons. The predicted molar refractivity (Wildman–Crippen MR) is 122 cm³/mol. The van der Waals surface area contributed by atoms with E-state index in [9.17, 15) is 22.8 Å². The number of benzene rings is 3. The molecule has 1 aliphatic rings. The number of fused-ring (bicyclic) bond motifs is 2. The van der Waals surface area contributed by atoms with E-state index in [1.807, 2.05) is 12.1 Å². The molecule has 5 rings (SSSR count). The van der Waals surface area contributed by atoms with E-state index in [0.29, 0.717) is 9.86 Å². The molecule has 0 saturated carbocycles. The van der Waals surface area contributed by atoms with Gasteiger partial charge in [0.25, 0.3) is 18.2 Å². The Bertz CT molecular complexity index is 1440. The van der Waals surface area contributed by atoms with Gasteiger partial charge >= 0.3 is 0 Å². The molecule has 0 radical (unpaired) electrons. The van der Waals surface area contributed by atoms with Gasteiger partial charge in [0.15, 0.2) is 0 Å². The fraction of sp³-hybridized carbons (Fsp3) is 0.0870. The van der Waals surface area contributed by atoms with E-state index in [-0.39, 0.29) is 28.1 Å². The summed E-state index contributed by atoms with van der Waals surface area (Å²) in [5.74, 6) is -1.75. The lowest BCUT2D eigenvalue weighted by Crippen LogP contribution is -2.22. The largest absolute Gasteiger partial charge is 0.341 e. The molecule has 33 heavy (non-hydrogen) atoms. The zero-order chi connectivity index (χ0) is 23.3. The quantitative estimate of drug-likeness (QED) is 0.328. The van der Waals surface area contributed by atoms with Gasteiger partial charge in [-0.3, -0.25) is 9.59 Å². The second-order valence-electron chi connectivity index (χ2n) is 7.38. The molecule has 10 heteroatoms. The maximum Gasteiger partial charge on any atom is 0.276 e. The summed E-state index contributed by atoms with van der Waals surface area (Å²) >= 11 is 4.50. The highest BCUT2D eigenvalue weighted by Gasteiger charge is 2.36. The van der Waals surface area contributed by atoms with Gasteiger partial charge < -0.3 is 10.6 Å². The highest BCUT2D eigenvalue weighted by atomic mass is 79.9. The van der Waals surface area contributed by atoms with E-state index in [2.05, 4.69) is 30.9 Å². The second-order valence-corrected chi connectivity index (χ2v) is 9.10. The normalized spacial score (nSPS) is 15.1. The number of carbonyl (C=O) groups is 2. The molecule has 1 aromatic heterocycles. The molecule has 2 amide bonds. The highest BCUT2D eigenvalue weighted by Crippen LogP contribution is 2.41. The van der Waals surface area contributed by atoms with Gasteiger partial charge in [0.2, 0.25) is 0 Å². The molecule has 1 atom stereocenters.